The summed E-state index contributed by atoms with van der Waals surface area (Å²) in [6.45, 7) is 7.94. The largest absolute Gasteiger partial charge is 0.314 e. The van der Waals surface area contributed by atoms with E-state index in [-0.39, 0.29) is 0 Å². The number of nitrogens with one attached hydrogen (secondary N) is 1. The second kappa shape index (κ2) is 8.55. The summed E-state index contributed by atoms with van der Waals surface area (Å²) in [7, 11) is 2.28. The van der Waals surface area contributed by atoms with E-state index in [0.717, 1.165) is 18.5 Å². The molecule has 2 nitrogen and oxygen atoms in total. The molecule has 2 atom stereocenters. The lowest BCUT2D eigenvalue weighted by molar-refractivity contribution is 0.185. The zero-order valence-corrected chi connectivity index (χ0v) is 14.1. The van der Waals surface area contributed by atoms with Gasteiger partial charge in [-0.2, -0.15) is 0 Å². The maximum absolute atomic E-state index is 3.78. The Labute approximate surface area is 130 Å². The third-order valence-corrected chi connectivity index (χ3v) is 4.81. The molecule has 0 spiro atoms. The van der Waals surface area contributed by atoms with Gasteiger partial charge in [0.1, 0.15) is 0 Å². The van der Waals surface area contributed by atoms with Crippen molar-refractivity contribution in [3.8, 4) is 0 Å². The number of nitrogens with zero attached hydrogens (tertiary/aromatic N) is 1. The fourth-order valence-corrected chi connectivity index (χ4v) is 3.57. The molecule has 1 aromatic rings. The Morgan fingerprint density at radius 3 is 2.71 bits per heavy atom. The molecular formula is C19H32N2. The summed E-state index contributed by atoms with van der Waals surface area (Å²) < 4.78 is 0. The quantitative estimate of drug-likeness (QED) is 0.816. The molecule has 1 N–H and O–H groups in total. The van der Waals surface area contributed by atoms with Gasteiger partial charge in [-0.3, -0.25) is 0 Å². The highest BCUT2D eigenvalue weighted by atomic mass is 15.1. The predicted molar refractivity (Wildman–Crippen MR) is 91.6 cm³/mol. The summed E-state index contributed by atoms with van der Waals surface area (Å²) in [4.78, 5) is 2.51. The van der Waals surface area contributed by atoms with Crippen molar-refractivity contribution in [2.24, 2.45) is 5.92 Å². The number of aryl methyl sites for hydroxylation is 1. The highest BCUT2D eigenvalue weighted by Gasteiger charge is 2.25. The first-order valence-corrected chi connectivity index (χ1v) is 8.67. The Morgan fingerprint density at radius 2 is 1.95 bits per heavy atom. The van der Waals surface area contributed by atoms with Gasteiger partial charge >= 0.3 is 0 Å². The van der Waals surface area contributed by atoms with Crippen molar-refractivity contribution in [1.29, 1.82) is 0 Å². The van der Waals surface area contributed by atoms with Gasteiger partial charge < -0.3 is 10.2 Å². The second-order valence-corrected chi connectivity index (χ2v) is 6.73. The van der Waals surface area contributed by atoms with Crippen molar-refractivity contribution in [2.45, 2.75) is 58.5 Å². The lowest BCUT2D eigenvalue weighted by Gasteiger charge is -2.35. The van der Waals surface area contributed by atoms with E-state index in [2.05, 4.69) is 55.4 Å². The van der Waals surface area contributed by atoms with Crippen LogP contribution in [-0.2, 0) is 6.54 Å². The molecule has 2 heteroatoms. The molecule has 0 saturated heterocycles. The molecule has 0 aliphatic heterocycles. The number of hydrogen-bond donors (Lipinski definition) is 1. The molecule has 1 saturated carbocycles. The van der Waals surface area contributed by atoms with E-state index < -0.39 is 0 Å². The van der Waals surface area contributed by atoms with Crippen LogP contribution in [0.25, 0.3) is 0 Å². The van der Waals surface area contributed by atoms with E-state index in [1.165, 1.54) is 56.3 Å². The van der Waals surface area contributed by atoms with E-state index in [0.29, 0.717) is 0 Å². The van der Waals surface area contributed by atoms with Crippen molar-refractivity contribution in [2.75, 3.05) is 20.1 Å². The predicted octanol–water partition coefficient (Wildman–Crippen LogP) is 3.99. The Morgan fingerprint density at radius 1 is 1.19 bits per heavy atom. The third-order valence-electron chi connectivity index (χ3n) is 4.81. The summed E-state index contributed by atoms with van der Waals surface area (Å²) in [5.41, 5.74) is 2.88. The molecule has 1 fully saturated rings. The van der Waals surface area contributed by atoms with Gasteiger partial charge in [0.15, 0.2) is 0 Å². The second-order valence-electron chi connectivity index (χ2n) is 6.73. The maximum atomic E-state index is 3.78. The van der Waals surface area contributed by atoms with Crippen LogP contribution in [-0.4, -0.2) is 31.1 Å². The van der Waals surface area contributed by atoms with E-state index in [1.807, 2.05) is 0 Å². The standard InChI is InChI=1S/C19H32N2/c1-4-13-20-19-12-8-7-11-18(19)15-21(3)14-17-10-6-5-9-16(17)2/h5-6,9-10,18-20H,4,7-8,11-15H2,1-3H3. The van der Waals surface area contributed by atoms with Crippen LogP contribution in [0.4, 0.5) is 0 Å². The minimum atomic E-state index is 0.734. The Balaban J connectivity index is 1.87. The van der Waals surface area contributed by atoms with Gasteiger partial charge in [0, 0.05) is 19.1 Å². The van der Waals surface area contributed by atoms with Crippen LogP contribution in [0.15, 0.2) is 24.3 Å². The highest BCUT2D eigenvalue weighted by Crippen LogP contribution is 2.25. The van der Waals surface area contributed by atoms with Crippen LogP contribution in [0.1, 0.15) is 50.2 Å². The zero-order chi connectivity index (χ0) is 15.1. The molecule has 1 aromatic carbocycles. The fourth-order valence-electron chi connectivity index (χ4n) is 3.57. The van der Waals surface area contributed by atoms with Crippen molar-refractivity contribution < 1.29 is 0 Å². The molecule has 0 heterocycles. The molecular weight excluding hydrogens is 256 g/mol. The van der Waals surface area contributed by atoms with Crippen LogP contribution in [0, 0.1) is 12.8 Å². The number of rotatable bonds is 7. The summed E-state index contributed by atoms with van der Waals surface area (Å²) in [5.74, 6) is 0.819. The van der Waals surface area contributed by atoms with Crippen molar-refractivity contribution in [3.63, 3.8) is 0 Å². The summed E-state index contributed by atoms with van der Waals surface area (Å²) >= 11 is 0. The highest BCUT2D eigenvalue weighted by molar-refractivity contribution is 5.25. The molecule has 1 aliphatic rings. The minimum absolute atomic E-state index is 0.734. The maximum Gasteiger partial charge on any atom is 0.0233 e. The first-order chi connectivity index (χ1) is 10.2. The monoisotopic (exact) mass is 288 g/mol. The van der Waals surface area contributed by atoms with E-state index in [9.17, 15) is 0 Å². The fraction of sp³-hybridized carbons (Fsp3) is 0.684. The molecule has 0 amide bonds. The third kappa shape index (κ3) is 5.12. The average Bonchev–Trinajstić information content (AvgIpc) is 2.49. The summed E-state index contributed by atoms with van der Waals surface area (Å²) in [5, 5.41) is 3.78. The normalized spacial score (nSPS) is 22.7. The van der Waals surface area contributed by atoms with E-state index in [4.69, 9.17) is 0 Å². The Hall–Kier alpha value is -0.860. The molecule has 0 aromatic heterocycles. The molecule has 2 unspecified atom stereocenters. The van der Waals surface area contributed by atoms with Gasteiger partial charge in [-0.25, -0.2) is 0 Å². The summed E-state index contributed by atoms with van der Waals surface area (Å²) in [6, 6.07) is 9.50. The van der Waals surface area contributed by atoms with E-state index >= 15 is 0 Å². The van der Waals surface area contributed by atoms with Gasteiger partial charge in [0.2, 0.25) is 0 Å². The van der Waals surface area contributed by atoms with Crippen molar-refractivity contribution in [3.05, 3.63) is 35.4 Å². The van der Waals surface area contributed by atoms with Gasteiger partial charge in [-0.15, -0.1) is 0 Å². The Kier molecular flexibility index (Phi) is 6.72. The SMILES string of the molecule is CCCNC1CCCCC1CN(C)Cc1ccccc1C. The van der Waals surface area contributed by atoms with Crippen LogP contribution >= 0.6 is 0 Å². The molecule has 21 heavy (non-hydrogen) atoms. The van der Waals surface area contributed by atoms with E-state index in [1.54, 1.807) is 0 Å². The smallest absolute Gasteiger partial charge is 0.0233 e. The topological polar surface area (TPSA) is 15.3 Å². The van der Waals surface area contributed by atoms with Gasteiger partial charge in [0.05, 0.1) is 0 Å². The zero-order valence-electron chi connectivity index (χ0n) is 14.1. The van der Waals surface area contributed by atoms with Crippen LogP contribution in [0.5, 0.6) is 0 Å². The Bertz CT molecular complexity index is 416. The van der Waals surface area contributed by atoms with Crippen LogP contribution < -0.4 is 5.32 Å². The summed E-state index contributed by atoms with van der Waals surface area (Å²) in [6.07, 6.45) is 6.80. The minimum Gasteiger partial charge on any atom is -0.314 e. The van der Waals surface area contributed by atoms with Gasteiger partial charge in [0.25, 0.3) is 0 Å². The molecule has 118 valence electrons. The van der Waals surface area contributed by atoms with Crippen molar-refractivity contribution in [1.82, 2.24) is 10.2 Å². The molecule has 0 bridgehead atoms. The van der Waals surface area contributed by atoms with Crippen LogP contribution in [0.2, 0.25) is 0 Å². The first-order valence-electron chi connectivity index (χ1n) is 8.67. The lowest BCUT2D eigenvalue weighted by Crippen LogP contribution is -2.43. The molecule has 2 rings (SSSR count). The number of hydrogen-bond acceptors (Lipinski definition) is 2. The molecule has 0 radical (unpaired) electrons. The average molecular weight is 288 g/mol. The first kappa shape index (κ1) is 16.5. The van der Waals surface area contributed by atoms with Crippen LogP contribution in [0.3, 0.4) is 0 Å². The number of benzene rings is 1. The van der Waals surface area contributed by atoms with Gasteiger partial charge in [-0.1, -0.05) is 44.0 Å². The lowest BCUT2D eigenvalue weighted by atomic mass is 9.84. The van der Waals surface area contributed by atoms with Gasteiger partial charge in [-0.05, 0) is 56.8 Å². The molecule has 1 aliphatic carbocycles. The van der Waals surface area contributed by atoms with Crippen molar-refractivity contribution >= 4 is 0 Å².